The van der Waals surface area contributed by atoms with Crippen molar-refractivity contribution in [2.75, 3.05) is 16.8 Å². The van der Waals surface area contributed by atoms with Crippen molar-refractivity contribution in [3.8, 4) is 0 Å². The molecule has 0 bridgehead atoms. The number of hydrogen-bond acceptors (Lipinski definition) is 5. The first-order chi connectivity index (χ1) is 14.2. The van der Waals surface area contributed by atoms with Gasteiger partial charge in [-0.15, -0.1) is 0 Å². The van der Waals surface area contributed by atoms with Crippen LogP contribution in [0.3, 0.4) is 0 Å². The lowest BCUT2D eigenvalue weighted by Crippen LogP contribution is -2.37. The summed E-state index contributed by atoms with van der Waals surface area (Å²) in [5, 5.41) is 11.0. The maximum absolute atomic E-state index is 12.6. The summed E-state index contributed by atoms with van der Waals surface area (Å²) in [6, 6.07) is 11.9. The van der Waals surface area contributed by atoms with Crippen LogP contribution in [-0.2, 0) is 21.2 Å². The van der Waals surface area contributed by atoms with Crippen LogP contribution < -0.4 is 20.7 Å². The maximum Gasteiger partial charge on any atom is 0.251 e. The average Bonchev–Trinajstić information content (AvgIpc) is 3.44. The Balaban J connectivity index is 1.44. The molecule has 30 heavy (non-hydrogen) atoms. The highest BCUT2D eigenvalue weighted by molar-refractivity contribution is 7.89. The van der Waals surface area contributed by atoms with Gasteiger partial charge in [0.25, 0.3) is 5.91 Å². The molecule has 158 valence electrons. The third-order valence-corrected chi connectivity index (χ3v) is 6.28. The minimum atomic E-state index is -3.77. The highest BCUT2D eigenvalue weighted by Gasteiger charge is 2.29. The van der Waals surface area contributed by atoms with Crippen molar-refractivity contribution in [1.82, 2.24) is 5.32 Å². The Morgan fingerprint density at radius 2 is 1.93 bits per heavy atom. The topological polar surface area (TPSA) is 122 Å². The fourth-order valence-electron chi connectivity index (χ4n) is 3.68. The van der Waals surface area contributed by atoms with Crippen LogP contribution in [0, 0.1) is 0 Å². The minimum Gasteiger partial charge on any atom is -0.359 e. The Morgan fingerprint density at radius 1 is 1.17 bits per heavy atom. The summed E-state index contributed by atoms with van der Waals surface area (Å²) < 4.78 is 23.2. The minimum absolute atomic E-state index is 0.0390. The Morgan fingerprint density at radius 3 is 2.63 bits per heavy atom. The fraction of sp³-hybridized carbons (Fsp3) is 0.333. The number of benzene rings is 2. The number of rotatable bonds is 6. The molecule has 1 atom stereocenters. The van der Waals surface area contributed by atoms with Crippen molar-refractivity contribution in [3.05, 3.63) is 53.6 Å². The van der Waals surface area contributed by atoms with Crippen molar-refractivity contribution in [3.63, 3.8) is 0 Å². The Hall–Kier alpha value is -2.91. The first-order valence-electron chi connectivity index (χ1n) is 9.84. The number of fused-ring (bicyclic) bond motifs is 1. The van der Waals surface area contributed by atoms with Crippen molar-refractivity contribution in [2.24, 2.45) is 5.14 Å². The van der Waals surface area contributed by atoms with E-state index in [0.29, 0.717) is 17.7 Å². The number of sulfonamides is 1. The highest BCUT2D eigenvalue weighted by Crippen LogP contribution is 2.33. The molecule has 8 nitrogen and oxygen atoms in total. The van der Waals surface area contributed by atoms with Crippen molar-refractivity contribution >= 4 is 33.2 Å². The lowest BCUT2D eigenvalue weighted by molar-refractivity contribution is -0.115. The molecule has 0 aromatic heterocycles. The first-order valence-corrected chi connectivity index (χ1v) is 11.4. The van der Waals surface area contributed by atoms with Gasteiger partial charge < -0.3 is 15.5 Å². The van der Waals surface area contributed by atoms with Gasteiger partial charge in [0.05, 0.1) is 11.4 Å². The summed E-state index contributed by atoms with van der Waals surface area (Å²) in [6.45, 7) is 2.09. The number of anilines is 2. The maximum atomic E-state index is 12.6. The summed E-state index contributed by atoms with van der Waals surface area (Å²) >= 11 is 0. The lowest BCUT2D eigenvalue weighted by Gasteiger charge is -2.24. The number of hydrogen-bond donors (Lipinski definition) is 3. The van der Waals surface area contributed by atoms with E-state index in [1.54, 1.807) is 36.4 Å². The predicted octanol–water partition coefficient (Wildman–Crippen LogP) is 1.62. The van der Waals surface area contributed by atoms with E-state index in [4.69, 9.17) is 5.14 Å². The Kier molecular flexibility index (Phi) is 5.25. The largest absolute Gasteiger partial charge is 0.359 e. The zero-order chi connectivity index (χ0) is 21.5. The molecule has 9 heteroatoms. The van der Waals surface area contributed by atoms with Gasteiger partial charge in [0.15, 0.2) is 0 Å². The molecular weight excluding hydrogens is 404 g/mol. The number of primary sulfonamides is 1. The van der Waals surface area contributed by atoms with Crippen LogP contribution in [0.4, 0.5) is 11.4 Å². The number of nitrogens with one attached hydrogen (secondary N) is 2. The van der Waals surface area contributed by atoms with Crippen molar-refractivity contribution in [2.45, 2.75) is 43.2 Å². The second-order valence-corrected chi connectivity index (χ2v) is 9.45. The standard InChI is InChI=1S/C21H24N4O4S/c1-13-9-15-11-18(30(22,28)29)7-8-19(15)25(13)12-20(26)23-17-4-2-3-14(10-17)21(27)24-16-5-6-16/h2-4,7-8,10-11,13,16H,5-6,9,12H2,1H3,(H,23,26)(H,24,27)(H2,22,28,29). The smallest absolute Gasteiger partial charge is 0.251 e. The molecule has 1 aliphatic carbocycles. The van der Waals surface area contributed by atoms with Gasteiger partial charge >= 0.3 is 0 Å². The van der Waals surface area contributed by atoms with Crippen molar-refractivity contribution < 1.29 is 18.0 Å². The molecule has 2 aromatic rings. The van der Waals surface area contributed by atoms with Gasteiger partial charge in [-0.05, 0) is 68.1 Å². The molecule has 4 N–H and O–H groups in total. The Bertz CT molecular complexity index is 1110. The number of nitrogens with zero attached hydrogens (tertiary/aromatic N) is 1. The monoisotopic (exact) mass is 428 g/mol. The van der Waals surface area contributed by atoms with Crippen LogP contribution in [0.2, 0.25) is 0 Å². The molecule has 1 aliphatic heterocycles. The van der Waals surface area contributed by atoms with E-state index in [0.717, 1.165) is 24.1 Å². The third-order valence-electron chi connectivity index (χ3n) is 5.37. The summed E-state index contributed by atoms with van der Waals surface area (Å²) in [6.07, 6.45) is 2.65. The van der Waals surface area contributed by atoms with Crippen LogP contribution in [0.1, 0.15) is 35.7 Å². The first kappa shape index (κ1) is 20.4. The molecule has 1 unspecified atom stereocenters. The van der Waals surface area contributed by atoms with E-state index in [2.05, 4.69) is 10.6 Å². The summed E-state index contributed by atoms with van der Waals surface area (Å²) in [5.74, 6) is -0.355. The highest BCUT2D eigenvalue weighted by atomic mass is 32.2. The zero-order valence-electron chi connectivity index (χ0n) is 16.6. The van der Waals surface area contributed by atoms with E-state index in [1.807, 2.05) is 11.8 Å². The van der Waals surface area contributed by atoms with E-state index < -0.39 is 10.0 Å². The second kappa shape index (κ2) is 7.73. The predicted molar refractivity (Wildman–Crippen MR) is 114 cm³/mol. The summed E-state index contributed by atoms with van der Waals surface area (Å²) in [7, 11) is -3.77. The Labute approximate surface area is 175 Å². The molecule has 0 radical (unpaired) electrons. The summed E-state index contributed by atoms with van der Waals surface area (Å²) in [5.41, 5.74) is 2.73. The fourth-order valence-corrected chi connectivity index (χ4v) is 4.24. The van der Waals surface area contributed by atoms with Gasteiger partial charge in [-0.25, -0.2) is 13.6 Å². The second-order valence-electron chi connectivity index (χ2n) is 7.89. The van der Waals surface area contributed by atoms with E-state index in [9.17, 15) is 18.0 Å². The van der Waals surface area contributed by atoms with E-state index in [-0.39, 0.29) is 35.3 Å². The van der Waals surface area contributed by atoms with Crippen LogP contribution in [0.5, 0.6) is 0 Å². The molecule has 2 aliphatic rings. The van der Waals surface area contributed by atoms with Gasteiger partial charge in [0, 0.05) is 29.0 Å². The van der Waals surface area contributed by atoms with Crippen LogP contribution in [-0.4, -0.2) is 38.9 Å². The number of carbonyl (C=O) groups excluding carboxylic acids is 2. The zero-order valence-corrected chi connectivity index (χ0v) is 17.4. The SMILES string of the molecule is CC1Cc2cc(S(N)(=O)=O)ccc2N1CC(=O)Nc1cccc(C(=O)NC2CC2)c1. The van der Waals surface area contributed by atoms with Gasteiger partial charge in [-0.3, -0.25) is 9.59 Å². The van der Waals surface area contributed by atoms with Gasteiger partial charge in [0.1, 0.15) is 0 Å². The lowest BCUT2D eigenvalue weighted by atomic mass is 10.1. The van der Waals surface area contributed by atoms with Crippen molar-refractivity contribution in [1.29, 1.82) is 0 Å². The number of carbonyl (C=O) groups is 2. The molecule has 2 amide bonds. The molecule has 1 saturated carbocycles. The number of amides is 2. The molecule has 4 rings (SSSR count). The van der Waals surface area contributed by atoms with E-state index in [1.165, 1.54) is 6.07 Å². The van der Waals surface area contributed by atoms with Gasteiger partial charge in [-0.1, -0.05) is 6.07 Å². The molecule has 1 heterocycles. The summed E-state index contributed by atoms with van der Waals surface area (Å²) in [4.78, 5) is 26.9. The number of nitrogens with two attached hydrogens (primary N) is 1. The molecule has 0 spiro atoms. The molecule has 1 fully saturated rings. The van der Waals surface area contributed by atoms with Crippen LogP contribution >= 0.6 is 0 Å². The third kappa shape index (κ3) is 4.47. The molecule has 0 saturated heterocycles. The molecule has 2 aromatic carbocycles. The molecular formula is C21H24N4O4S. The van der Waals surface area contributed by atoms with Crippen LogP contribution in [0.15, 0.2) is 47.4 Å². The normalized spacial score (nSPS) is 18.1. The van der Waals surface area contributed by atoms with E-state index >= 15 is 0 Å². The van der Waals surface area contributed by atoms with Gasteiger partial charge in [0.2, 0.25) is 15.9 Å². The quantitative estimate of drug-likeness (QED) is 0.645. The average molecular weight is 429 g/mol. The van der Waals surface area contributed by atoms with Crippen LogP contribution in [0.25, 0.3) is 0 Å². The van der Waals surface area contributed by atoms with Gasteiger partial charge in [-0.2, -0.15) is 0 Å².